The van der Waals surface area contributed by atoms with E-state index in [2.05, 4.69) is 85.5 Å². The van der Waals surface area contributed by atoms with E-state index in [0.29, 0.717) is 5.92 Å². The molecule has 0 saturated heterocycles. The smallest absolute Gasteiger partial charge is 0.157 e. The van der Waals surface area contributed by atoms with Crippen molar-refractivity contribution in [3.8, 4) is 0 Å². The maximum absolute atomic E-state index is 4.68. The van der Waals surface area contributed by atoms with Gasteiger partial charge in [-0.3, -0.25) is 0 Å². The summed E-state index contributed by atoms with van der Waals surface area (Å²) in [5.41, 5.74) is 4.55. The fourth-order valence-electron chi connectivity index (χ4n) is 3.03. The number of aromatic nitrogens is 3. The van der Waals surface area contributed by atoms with Gasteiger partial charge in [-0.15, -0.1) is 0 Å². The topological polar surface area (TPSA) is 45.5 Å². The van der Waals surface area contributed by atoms with Crippen molar-refractivity contribution in [3.05, 3.63) is 59.4 Å². The van der Waals surface area contributed by atoms with Crippen LogP contribution >= 0.6 is 0 Å². The lowest BCUT2D eigenvalue weighted by molar-refractivity contribution is 0.311. The lowest BCUT2D eigenvalue weighted by Crippen LogP contribution is -2.27. The molecule has 1 atom stereocenters. The van der Waals surface area contributed by atoms with E-state index in [1.165, 1.54) is 11.1 Å². The Morgan fingerprint density at radius 3 is 2.64 bits per heavy atom. The Bertz CT molecular complexity index is 850. The summed E-state index contributed by atoms with van der Waals surface area (Å²) < 4.78 is 1.87. The van der Waals surface area contributed by atoms with Gasteiger partial charge in [-0.05, 0) is 32.5 Å². The van der Waals surface area contributed by atoms with Gasteiger partial charge in [0, 0.05) is 24.4 Å². The minimum atomic E-state index is 0.279. The molecule has 5 heteroatoms. The van der Waals surface area contributed by atoms with Crippen molar-refractivity contribution in [2.24, 2.45) is 0 Å². The standard InChI is InChI=1S/C20H27N5/c1-14(2)17-12-20(25-19(23-17)9-10-22-25)21-13-18(24(4)5)16-8-6-7-15(3)11-16/h6-12,14,18,21H,13H2,1-5H3/t18-/m1/s1. The lowest BCUT2D eigenvalue weighted by Gasteiger charge is -2.26. The van der Waals surface area contributed by atoms with Crippen molar-refractivity contribution in [1.82, 2.24) is 19.5 Å². The zero-order valence-corrected chi connectivity index (χ0v) is 15.7. The number of nitrogens with zero attached hydrogens (tertiary/aromatic N) is 4. The molecule has 3 aromatic rings. The number of likely N-dealkylation sites (N-methyl/N-ethyl adjacent to an activating group) is 1. The maximum Gasteiger partial charge on any atom is 0.157 e. The lowest BCUT2D eigenvalue weighted by atomic mass is 10.0. The maximum atomic E-state index is 4.68. The molecule has 0 saturated carbocycles. The molecule has 0 radical (unpaired) electrons. The first kappa shape index (κ1) is 17.4. The molecule has 132 valence electrons. The van der Waals surface area contributed by atoms with Gasteiger partial charge in [0.1, 0.15) is 5.82 Å². The second-order valence-electron chi connectivity index (χ2n) is 7.10. The van der Waals surface area contributed by atoms with Gasteiger partial charge < -0.3 is 10.2 Å². The van der Waals surface area contributed by atoms with Gasteiger partial charge in [0.25, 0.3) is 0 Å². The van der Waals surface area contributed by atoms with Gasteiger partial charge in [0.05, 0.1) is 12.2 Å². The molecular formula is C20H27N5. The van der Waals surface area contributed by atoms with Gasteiger partial charge in [-0.2, -0.15) is 9.61 Å². The van der Waals surface area contributed by atoms with Crippen LogP contribution in [0.1, 0.15) is 42.6 Å². The highest BCUT2D eigenvalue weighted by Crippen LogP contribution is 2.22. The summed E-state index contributed by atoms with van der Waals surface area (Å²) in [7, 11) is 4.23. The summed E-state index contributed by atoms with van der Waals surface area (Å²) in [6.07, 6.45) is 1.79. The third-order valence-corrected chi connectivity index (χ3v) is 4.50. The Hall–Kier alpha value is -2.40. The molecular weight excluding hydrogens is 310 g/mol. The van der Waals surface area contributed by atoms with Crippen molar-refractivity contribution in [3.63, 3.8) is 0 Å². The van der Waals surface area contributed by atoms with Crippen LogP contribution in [0.25, 0.3) is 5.65 Å². The highest BCUT2D eigenvalue weighted by molar-refractivity contribution is 5.49. The summed E-state index contributed by atoms with van der Waals surface area (Å²) in [6, 6.07) is 13.0. The van der Waals surface area contributed by atoms with Gasteiger partial charge >= 0.3 is 0 Å². The molecule has 25 heavy (non-hydrogen) atoms. The molecule has 0 unspecified atom stereocenters. The first-order chi connectivity index (χ1) is 12.0. The molecule has 1 aromatic carbocycles. The van der Waals surface area contributed by atoms with Crippen LogP contribution in [0.5, 0.6) is 0 Å². The summed E-state index contributed by atoms with van der Waals surface area (Å²) in [4.78, 5) is 6.92. The molecule has 2 heterocycles. The molecule has 0 amide bonds. The Labute approximate surface area is 149 Å². The number of aryl methyl sites for hydroxylation is 1. The number of rotatable bonds is 6. The minimum Gasteiger partial charge on any atom is -0.368 e. The van der Waals surface area contributed by atoms with Crippen LogP contribution in [0.15, 0.2) is 42.6 Å². The molecule has 0 aliphatic rings. The number of anilines is 1. The normalized spacial score (nSPS) is 12.9. The van der Waals surface area contributed by atoms with Crippen LogP contribution in [-0.4, -0.2) is 40.1 Å². The zero-order chi connectivity index (χ0) is 18.0. The Kier molecular flexibility index (Phi) is 5.04. The summed E-state index contributed by atoms with van der Waals surface area (Å²) >= 11 is 0. The van der Waals surface area contributed by atoms with Crippen molar-refractivity contribution in [1.29, 1.82) is 0 Å². The fraction of sp³-hybridized carbons (Fsp3) is 0.400. The number of hydrogen-bond acceptors (Lipinski definition) is 4. The second-order valence-corrected chi connectivity index (χ2v) is 7.10. The Morgan fingerprint density at radius 2 is 1.96 bits per heavy atom. The fourth-order valence-corrected chi connectivity index (χ4v) is 3.03. The van der Waals surface area contributed by atoms with Crippen LogP contribution in [-0.2, 0) is 0 Å². The van der Waals surface area contributed by atoms with E-state index in [1.807, 2.05) is 10.6 Å². The molecule has 2 aromatic heterocycles. The second kappa shape index (κ2) is 7.23. The van der Waals surface area contributed by atoms with Crippen molar-refractivity contribution >= 4 is 11.5 Å². The summed E-state index contributed by atoms with van der Waals surface area (Å²) in [6.45, 7) is 7.25. The number of nitrogens with one attached hydrogen (secondary N) is 1. The predicted molar refractivity (Wildman–Crippen MR) is 103 cm³/mol. The Balaban J connectivity index is 1.88. The molecule has 1 N–H and O–H groups in total. The molecule has 0 aliphatic carbocycles. The first-order valence-electron chi connectivity index (χ1n) is 8.77. The third-order valence-electron chi connectivity index (χ3n) is 4.50. The van der Waals surface area contributed by atoms with Crippen LogP contribution in [0.4, 0.5) is 5.82 Å². The first-order valence-corrected chi connectivity index (χ1v) is 8.77. The quantitative estimate of drug-likeness (QED) is 0.741. The molecule has 0 bridgehead atoms. The molecule has 0 spiro atoms. The highest BCUT2D eigenvalue weighted by atomic mass is 15.3. The van der Waals surface area contributed by atoms with E-state index in [9.17, 15) is 0 Å². The van der Waals surface area contributed by atoms with Crippen molar-refractivity contribution in [2.45, 2.75) is 32.7 Å². The Morgan fingerprint density at radius 1 is 1.16 bits per heavy atom. The number of hydrogen-bond donors (Lipinski definition) is 1. The van der Waals surface area contributed by atoms with Crippen LogP contribution in [0.2, 0.25) is 0 Å². The van der Waals surface area contributed by atoms with Crippen LogP contribution in [0.3, 0.4) is 0 Å². The average molecular weight is 337 g/mol. The highest BCUT2D eigenvalue weighted by Gasteiger charge is 2.16. The van der Waals surface area contributed by atoms with E-state index in [4.69, 9.17) is 0 Å². The monoisotopic (exact) mass is 337 g/mol. The largest absolute Gasteiger partial charge is 0.368 e. The molecule has 0 aliphatic heterocycles. The SMILES string of the molecule is Cc1cccc([C@@H](CNc2cc(C(C)C)nc3ccnn23)N(C)C)c1. The van der Waals surface area contributed by atoms with Gasteiger partial charge in [-0.25, -0.2) is 4.98 Å². The van der Waals surface area contributed by atoms with Crippen LogP contribution in [0, 0.1) is 6.92 Å². The molecule has 3 rings (SSSR count). The number of fused-ring (bicyclic) bond motifs is 1. The van der Waals surface area contributed by atoms with Gasteiger partial charge in [-0.1, -0.05) is 43.7 Å². The summed E-state index contributed by atoms with van der Waals surface area (Å²) in [5.74, 6) is 1.36. The van der Waals surface area contributed by atoms with Crippen molar-refractivity contribution in [2.75, 3.05) is 26.0 Å². The number of benzene rings is 1. The van der Waals surface area contributed by atoms with Gasteiger partial charge in [0.15, 0.2) is 5.65 Å². The van der Waals surface area contributed by atoms with Crippen molar-refractivity contribution < 1.29 is 0 Å². The molecule has 0 fully saturated rings. The van der Waals surface area contributed by atoms with E-state index in [-0.39, 0.29) is 6.04 Å². The molecule has 5 nitrogen and oxygen atoms in total. The van der Waals surface area contributed by atoms with Crippen LogP contribution < -0.4 is 5.32 Å². The minimum absolute atomic E-state index is 0.279. The third kappa shape index (κ3) is 3.82. The van der Waals surface area contributed by atoms with E-state index >= 15 is 0 Å². The van der Waals surface area contributed by atoms with E-state index < -0.39 is 0 Å². The zero-order valence-electron chi connectivity index (χ0n) is 15.7. The van der Waals surface area contributed by atoms with E-state index in [0.717, 1.165) is 23.7 Å². The summed E-state index contributed by atoms with van der Waals surface area (Å²) in [5, 5.41) is 7.99. The van der Waals surface area contributed by atoms with E-state index in [1.54, 1.807) is 6.20 Å². The predicted octanol–water partition coefficient (Wildman–Crippen LogP) is 3.88. The van der Waals surface area contributed by atoms with Gasteiger partial charge in [0.2, 0.25) is 0 Å². The average Bonchev–Trinajstić information content (AvgIpc) is 3.03.